The standard InChI is InChI=1S/C11H18N4O/c1-8(10-5-6-13-15(10)2)14-9-3-4-11(16)12-7-9/h5-6,8-9,14H,3-4,7H2,1-2H3,(H,12,16). The Balaban J connectivity index is 1.90. The summed E-state index contributed by atoms with van der Waals surface area (Å²) in [4.78, 5) is 11.0. The van der Waals surface area contributed by atoms with Crippen LogP contribution in [0.3, 0.4) is 0 Å². The number of rotatable bonds is 3. The SMILES string of the molecule is CC(NC1CCC(=O)NC1)c1ccnn1C. The Bertz CT molecular complexity index is 364. The highest BCUT2D eigenvalue weighted by Gasteiger charge is 2.20. The van der Waals surface area contributed by atoms with E-state index in [2.05, 4.69) is 22.7 Å². The number of nitrogens with zero attached hydrogens (tertiary/aromatic N) is 2. The van der Waals surface area contributed by atoms with Crippen molar-refractivity contribution in [3.05, 3.63) is 18.0 Å². The molecule has 16 heavy (non-hydrogen) atoms. The van der Waals surface area contributed by atoms with Crippen LogP contribution in [0.1, 0.15) is 31.5 Å². The molecule has 5 nitrogen and oxygen atoms in total. The van der Waals surface area contributed by atoms with Gasteiger partial charge in [-0.15, -0.1) is 0 Å². The van der Waals surface area contributed by atoms with Crippen LogP contribution < -0.4 is 10.6 Å². The second-order valence-electron chi connectivity index (χ2n) is 4.31. The van der Waals surface area contributed by atoms with Crippen molar-refractivity contribution in [1.29, 1.82) is 0 Å². The lowest BCUT2D eigenvalue weighted by molar-refractivity contribution is -0.122. The van der Waals surface area contributed by atoms with Crippen molar-refractivity contribution >= 4 is 5.91 Å². The number of amides is 1. The van der Waals surface area contributed by atoms with Crippen LogP contribution >= 0.6 is 0 Å². The fourth-order valence-corrected chi connectivity index (χ4v) is 2.12. The van der Waals surface area contributed by atoms with E-state index in [1.807, 2.05) is 17.8 Å². The summed E-state index contributed by atoms with van der Waals surface area (Å²) in [6, 6.07) is 2.63. The Morgan fingerprint density at radius 1 is 1.69 bits per heavy atom. The summed E-state index contributed by atoms with van der Waals surface area (Å²) in [6.07, 6.45) is 3.33. The summed E-state index contributed by atoms with van der Waals surface area (Å²) in [5, 5.41) is 10.5. The van der Waals surface area contributed by atoms with Crippen LogP contribution in [0.25, 0.3) is 0 Å². The molecule has 1 aliphatic heterocycles. The lowest BCUT2D eigenvalue weighted by Gasteiger charge is -2.27. The third kappa shape index (κ3) is 2.41. The number of aryl methyl sites for hydroxylation is 1. The van der Waals surface area contributed by atoms with Gasteiger partial charge in [-0.2, -0.15) is 5.10 Å². The molecule has 1 fully saturated rings. The summed E-state index contributed by atoms with van der Waals surface area (Å²) >= 11 is 0. The molecular weight excluding hydrogens is 204 g/mol. The van der Waals surface area contributed by atoms with Crippen LogP contribution in [0.2, 0.25) is 0 Å². The van der Waals surface area contributed by atoms with Gasteiger partial charge in [0.05, 0.1) is 5.69 Å². The zero-order valence-corrected chi connectivity index (χ0v) is 9.73. The molecule has 0 aromatic carbocycles. The molecule has 1 aromatic rings. The Labute approximate surface area is 95.2 Å². The first-order valence-corrected chi connectivity index (χ1v) is 5.67. The van der Waals surface area contributed by atoms with E-state index in [9.17, 15) is 4.79 Å². The lowest BCUT2D eigenvalue weighted by atomic mass is 10.1. The van der Waals surface area contributed by atoms with Gasteiger partial charge in [-0.25, -0.2) is 0 Å². The van der Waals surface area contributed by atoms with Crippen molar-refractivity contribution in [3.63, 3.8) is 0 Å². The van der Waals surface area contributed by atoms with Gasteiger partial charge in [0.1, 0.15) is 0 Å². The fraction of sp³-hybridized carbons (Fsp3) is 0.636. The molecular formula is C11H18N4O. The molecule has 1 aromatic heterocycles. The first-order chi connectivity index (χ1) is 7.66. The fourth-order valence-electron chi connectivity index (χ4n) is 2.12. The smallest absolute Gasteiger partial charge is 0.220 e. The molecule has 0 aliphatic carbocycles. The molecule has 2 atom stereocenters. The van der Waals surface area contributed by atoms with Gasteiger partial charge in [-0.1, -0.05) is 0 Å². The first-order valence-electron chi connectivity index (χ1n) is 5.67. The lowest BCUT2D eigenvalue weighted by Crippen LogP contribution is -2.46. The van der Waals surface area contributed by atoms with Gasteiger partial charge >= 0.3 is 0 Å². The number of piperidine rings is 1. The maximum atomic E-state index is 11.0. The number of carbonyl (C=O) groups excluding carboxylic acids is 1. The van der Waals surface area contributed by atoms with Crippen molar-refractivity contribution < 1.29 is 4.79 Å². The Morgan fingerprint density at radius 2 is 2.50 bits per heavy atom. The van der Waals surface area contributed by atoms with Gasteiger partial charge < -0.3 is 10.6 Å². The second kappa shape index (κ2) is 4.65. The minimum Gasteiger partial charge on any atom is -0.355 e. The summed E-state index contributed by atoms with van der Waals surface area (Å²) in [5.41, 5.74) is 1.16. The van der Waals surface area contributed by atoms with Gasteiger partial charge in [0, 0.05) is 38.3 Å². The monoisotopic (exact) mass is 222 g/mol. The number of hydrogen-bond donors (Lipinski definition) is 2. The number of aromatic nitrogens is 2. The quantitative estimate of drug-likeness (QED) is 0.776. The summed E-state index contributed by atoms with van der Waals surface area (Å²) in [6.45, 7) is 2.84. The van der Waals surface area contributed by atoms with Crippen LogP contribution in [-0.4, -0.2) is 28.3 Å². The molecule has 0 spiro atoms. The van der Waals surface area contributed by atoms with E-state index in [4.69, 9.17) is 0 Å². The third-order valence-electron chi connectivity index (χ3n) is 3.05. The van der Waals surface area contributed by atoms with Crippen LogP contribution in [-0.2, 0) is 11.8 Å². The number of hydrogen-bond acceptors (Lipinski definition) is 3. The van der Waals surface area contributed by atoms with Crippen molar-refractivity contribution in [1.82, 2.24) is 20.4 Å². The van der Waals surface area contributed by atoms with Crippen LogP contribution in [0.5, 0.6) is 0 Å². The molecule has 88 valence electrons. The highest BCUT2D eigenvalue weighted by molar-refractivity contribution is 5.76. The highest BCUT2D eigenvalue weighted by atomic mass is 16.1. The van der Waals surface area contributed by atoms with Crippen molar-refractivity contribution in [2.24, 2.45) is 7.05 Å². The van der Waals surface area contributed by atoms with E-state index in [0.717, 1.165) is 18.7 Å². The van der Waals surface area contributed by atoms with Gasteiger partial charge in [-0.3, -0.25) is 9.48 Å². The molecule has 2 heterocycles. The van der Waals surface area contributed by atoms with Gasteiger partial charge in [0.25, 0.3) is 0 Å². The van der Waals surface area contributed by atoms with E-state index in [0.29, 0.717) is 12.5 Å². The molecule has 5 heteroatoms. The van der Waals surface area contributed by atoms with Crippen molar-refractivity contribution in [3.8, 4) is 0 Å². The maximum absolute atomic E-state index is 11.0. The largest absolute Gasteiger partial charge is 0.355 e. The number of carbonyl (C=O) groups is 1. The van der Waals surface area contributed by atoms with Gasteiger partial charge in [-0.05, 0) is 19.4 Å². The Morgan fingerprint density at radius 3 is 3.06 bits per heavy atom. The van der Waals surface area contributed by atoms with Crippen molar-refractivity contribution in [2.75, 3.05) is 6.54 Å². The second-order valence-corrected chi connectivity index (χ2v) is 4.31. The van der Waals surface area contributed by atoms with E-state index < -0.39 is 0 Å². The molecule has 2 rings (SSSR count). The van der Waals surface area contributed by atoms with Crippen LogP contribution in [0, 0.1) is 0 Å². The van der Waals surface area contributed by atoms with Crippen LogP contribution in [0.4, 0.5) is 0 Å². The van der Waals surface area contributed by atoms with Gasteiger partial charge in [0.2, 0.25) is 5.91 Å². The van der Waals surface area contributed by atoms with E-state index >= 15 is 0 Å². The average molecular weight is 222 g/mol. The van der Waals surface area contributed by atoms with Gasteiger partial charge in [0.15, 0.2) is 0 Å². The zero-order chi connectivity index (χ0) is 11.5. The molecule has 1 saturated heterocycles. The van der Waals surface area contributed by atoms with E-state index in [1.165, 1.54) is 0 Å². The van der Waals surface area contributed by atoms with Crippen LogP contribution in [0.15, 0.2) is 12.3 Å². The Kier molecular flexibility index (Phi) is 3.24. The Hall–Kier alpha value is -1.36. The predicted molar refractivity (Wildman–Crippen MR) is 60.8 cm³/mol. The minimum atomic E-state index is 0.159. The third-order valence-corrected chi connectivity index (χ3v) is 3.05. The molecule has 2 unspecified atom stereocenters. The van der Waals surface area contributed by atoms with E-state index in [-0.39, 0.29) is 11.9 Å². The summed E-state index contributed by atoms with van der Waals surface area (Å²) in [7, 11) is 1.94. The molecule has 0 radical (unpaired) electrons. The predicted octanol–water partition coefficient (Wildman–Crippen LogP) is 0.349. The zero-order valence-electron chi connectivity index (χ0n) is 9.73. The minimum absolute atomic E-state index is 0.159. The molecule has 0 saturated carbocycles. The van der Waals surface area contributed by atoms with Crippen molar-refractivity contribution in [2.45, 2.75) is 31.8 Å². The topological polar surface area (TPSA) is 59.0 Å². The highest BCUT2D eigenvalue weighted by Crippen LogP contribution is 2.13. The number of nitrogens with one attached hydrogen (secondary N) is 2. The molecule has 2 N–H and O–H groups in total. The molecule has 1 aliphatic rings. The maximum Gasteiger partial charge on any atom is 0.220 e. The molecule has 1 amide bonds. The average Bonchev–Trinajstić information content (AvgIpc) is 2.68. The first kappa shape index (κ1) is 11.1. The van der Waals surface area contributed by atoms with E-state index in [1.54, 1.807) is 6.20 Å². The normalized spacial score (nSPS) is 22.9. The summed E-state index contributed by atoms with van der Waals surface area (Å²) in [5.74, 6) is 0.159. The molecule has 0 bridgehead atoms. The summed E-state index contributed by atoms with van der Waals surface area (Å²) < 4.78 is 1.87.